The first-order chi connectivity index (χ1) is 12.0. The van der Waals surface area contributed by atoms with Crippen LogP contribution in [0.1, 0.15) is 24.2 Å². The molecule has 0 aromatic carbocycles. The van der Waals surface area contributed by atoms with E-state index >= 15 is 0 Å². The van der Waals surface area contributed by atoms with E-state index in [0.717, 1.165) is 11.5 Å². The van der Waals surface area contributed by atoms with Crippen LogP contribution in [0.2, 0.25) is 0 Å². The third-order valence-corrected chi connectivity index (χ3v) is 3.69. The molecule has 3 N–H and O–H groups in total. The highest BCUT2D eigenvalue weighted by molar-refractivity contribution is 7.09. The Morgan fingerprint density at radius 2 is 2.12 bits per heavy atom. The molecular weight excluding hydrogens is 340 g/mol. The molecule has 25 heavy (non-hydrogen) atoms. The zero-order valence-corrected chi connectivity index (χ0v) is 14.4. The Morgan fingerprint density at radius 1 is 1.28 bits per heavy atom. The summed E-state index contributed by atoms with van der Waals surface area (Å²) in [7, 11) is 0. The fourth-order valence-electron chi connectivity index (χ4n) is 2.04. The van der Waals surface area contributed by atoms with Gasteiger partial charge in [0, 0.05) is 17.7 Å². The van der Waals surface area contributed by atoms with Crippen LogP contribution in [0, 0.1) is 0 Å². The molecule has 0 bridgehead atoms. The van der Waals surface area contributed by atoms with E-state index in [4.69, 9.17) is 10.5 Å². The number of rotatable bonds is 6. The molecule has 3 rings (SSSR count). The second-order valence-electron chi connectivity index (χ2n) is 5.36. The van der Waals surface area contributed by atoms with Crippen LogP contribution in [0.15, 0.2) is 36.7 Å². The van der Waals surface area contributed by atoms with Gasteiger partial charge < -0.3 is 15.8 Å². The lowest BCUT2D eigenvalue weighted by molar-refractivity contribution is 0.100. The molecular formula is C16H16N6O2S. The molecule has 9 heteroatoms. The van der Waals surface area contributed by atoms with Crippen molar-refractivity contribution in [2.24, 2.45) is 5.73 Å². The third-order valence-electron chi connectivity index (χ3n) is 3.06. The quantitative estimate of drug-likeness (QED) is 0.697. The molecule has 3 heterocycles. The highest BCUT2D eigenvalue weighted by Crippen LogP contribution is 2.24. The standard InChI is InChI=1S/C16H16N6O2S/c1-9(2)24-10-5-6-12(19-8-10)15-21-16(25-22-15)20-14-11(13(17)23)4-3-7-18-14/h3-9H,1-2H3,(H2,17,23)(H,18,20,21,22). The second kappa shape index (κ2) is 7.22. The number of amides is 1. The number of nitrogens with zero attached hydrogens (tertiary/aromatic N) is 4. The maximum absolute atomic E-state index is 11.4. The fourth-order valence-corrected chi connectivity index (χ4v) is 2.61. The van der Waals surface area contributed by atoms with E-state index < -0.39 is 5.91 Å². The van der Waals surface area contributed by atoms with Crippen molar-refractivity contribution in [1.29, 1.82) is 0 Å². The first-order valence-electron chi connectivity index (χ1n) is 7.51. The van der Waals surface area contributed by atoms with Crippen LogP contribution in [0.3, 0.4) is 0 Å². The van der Waals surface area contributed by atoms with Gasteiger partial charge in [0.25, 0.3) is 5.91 Å². The lowest BCUT2D eigenvalue weighted by Crippen LogP contribution is -2.14. The SMILES string of the molecule is CC(C)Oc1ccc(-c2nsc(Nc3ncccc3C(N)=O)n2)nc1. The molecule has 0 radical (unpaired) electrons. The van der Waals surface area contributed by atoms with Crippen LogP contribution >= 0.6 is 11.5 Å². The van der Waals surface area contributed by atoms with Gasteiger partial charge in [-0.1, -0.05) is 0 Å². The van der Waals surface area contributed by atoms with Crippen molar-refractivity contribution in [3.8, 4) is 17.3 Å². The van der Waals surface area contributed by atoms with Crippen LogP contribution < -0.4 is 15.8 Å². The fraction of sp³-hybridized carbons (Fsp3) is 0.188. The summed E-state index contributed by atoms with van der Waals surface area (Å²) in [6, 6.07) is 6.84. The molecule has 0 aliphatic heterocycles. The number of anilines is 2. The van der Waals surface area contributed by atoms with E-state index in [1.165, 1.54) is 0 Å². The summed E-state index contributed by atoms with van der Waals surface area (Å²) in [4.78, 5) is 24.2. The van der Waals surface area contributed by atoms with Crippen molar-refractivity contribution < 1.29 is 9.53 Å². The first-order valence-corrected chi connectivity index (χ1v) is 8.29. The molecule has 0 unspecified atom stereocenters. The van der Waals surface area contributed by atoms with Crippen LogP contribution in [-0.2, 0) is 0 Å². The van der Waals surface area contributed by atoms with Crippen molar-refractivity contribution in [2.75, 3.05) is 5.32 Å². The Kier molecular flexibility index (Phi) is 4.85. The second-order valence-corrected chi connectivity index (χ2v) is 6.11. The van der Waals surface area contributed by atoms with Gasteiger partial charge in [-0.2, -0.15) is 9.36 Å². The van der Waals surface area contributed by atoms with Crippen LogP contribution in [0.4, 0.5) is 10.9 Å². The Labute approximate surface area is 148 Å². The van der Waals surface area contributed by atoms with Gasteiger partial charge in [0.2, 0.25) is 5.13 Å². The summed E-state index contributed by atoms with van der Waals surface area (Å²) in [5.41, 5.74) is 6.25. The number of nitrogens with two attached hydrogens (primary N) is 1. The number of aromatic nitrogens is 4. The summed E-state index contributed by atoms with van der Waals surface area (Å²) < 4.78 is 9.83. The van der Waals surface area contributed by atoms with E-state index in [1.54, 1.807) is 30.6 Å². The van der Waals surface area contributed by atoms with Gasteiger partial charge in [-0.3, -0.25) is 4.79 Å². The number of hydrogen-bond donors (Lipinski definition) is 2. The zero-order valence-electron chi connectivity index (χ0n) is 13.6. The van der Waals surface area contributed by atoms with Crippen LogP contribution in [0.5, 0.6) is 5.75 Å². The lowest BCUT2D eigenvalue weighted by Gasteiger charge is -2.08. The molecule has 3 aromatic heterocycles. The number of pyridine rings is 2. The van der Waals surface area contributed by atoms with Crippen LogP contribution in [0.25, 0.3) is 11.5 Å². The van der Waals surface area contributed by atoms with Gasteiger partial charge in [-0.25, -0.2) is 9.97 Å². The minimum absolute atomic E-state index is 0.0821. The normalized spacial score (nSPS) is 10.7. The number of ether oxygens (including phenoxy) is 1. The Bertz CT molecular complexity index is 878. The maximum Gasteiger partial charge on any atom is 0.252 e. The van der Waals surface area contributed by atoms with Crippen molar-refractivity contribution in [1.82, 2.24) is 19.3 Å². The lowest BCUT2D eigenvalue weighted by atomic mass is 10.2. The Hall–Kier alpha value is -3.07. The third kappa shape index (κ3) is 4.07. The molecule has 0 spiro atoms. The zero-order chi connectivity index (χ0) is 17.8. The van der Waals surface area contributed by atoms with Gasteiger partial charge in [0.15, 0.2) is 5.82 Å². The largest absolute Gasteiger partial charge is 0.489 e. The molecule has 8 nitrogen and oxygen atoms in total. The summed E-state index contributed by atoms with van der Waals surface area (Å²) in [6.45, 7) is 3.90. The van der Waals surface area contributed by atoms with E-state index in [0.29, 0.717) is 28.2 Å². The monoisotopic (exact) mass is 356 g/mol. The van der Waals surface area contributed by atoms with Crippen LogP contribution in [-0.4, -0.2) is 31.3 Å². The summed E-state index contributed by atoms with van der Waals surface area (Å²) in [5, 5.41) is 3.45. The predicted molar refractivity (Wildman–Crippen MR) is 94.9 cm³/mol. The van der Waals surface area contributed by atoms with Crippen molar-refractivity contribution in [3.63, 3.8) is 0 Å². The minimum Gasteiger partial charge on any atom is -0.489 e. The van der Waals surface area contributed by atoms with Gasteiger partial charge in [0.1, 0.15) is 17.3 Å². The minimum atomic E-state index is -0.567. The summed E-state index contributed by atoms with van der Waals surface area (Å²) in [5.74, 6) is 0.932. The van der Waals surface area contributed by atoms with Crippen molar-refractivity contribution in [3.05, 3.63) is 42.2 Å². The highest BCUT2D eigenvalue weighted by atomic mass is 32.1. The molecule has 0 saturated heterocycles. The van der Waals surface area contributed by atoms with E-state index in [9.17, 15) is 4.79 Å². The van der Waals surface area contributed by atoms with Gasteiger partial charge in [0.05, 0.1) is 17.9 Å². The Balaban J connectivity index is 1.78. The smallest absolute Gasteiger partial charge is 0.252 e. The summed E-state index contributed by atoms with van der Waals surface area (Å²) >= 11 is 1.14. The molecule has 1 amide bonds. The molecule has 0 aliphatic carbocycles. The number of hydrogen-bond acceptors (Lipinski definition) is 8. The molecule has 3 aromatic rings. The predicted octanol–water partition coefficient (Wildman–Crippen LogP) is 2.62. The Morgan fingerprint density at radius 3 is 2.80 bits per heavy atom. The number of nitrogens with one attached hydrogen (secondary N) is 1. The number of primary amides is 1. The average Bonchev–Trinajstić information content (AvgIpc) is 3.04. The summed E-state index contributed by atoms with van der Waals surface area (Å²) in [6.07, 6.45) is 3.28. The van der Waals surface area contributed by atoms with Gasteiger partial charge >= 0.3 is 0 Å². The molecule has 0 atom stereocenters. The van der Waals surface area contributed by atoms with E-state index in [1.807, 2.05) is 19.9 Å². The average molecular weight is 356 g/mol. The molecule has 128 valence electrons. The van der Waals surface area contributed by atoms with Gasteiger partial charge in [-0.15, -0.1) is 0 Å². The first kappa shape index (κ1) is 16.8. The number of carbonyl (C=O) groups excluding carboxylic acids is 1. The van der Waals surface area contributed by atoms with Crippen molar-refractivity contribution >= 4 is 28.4 Å². The molecule has 0 saturated carbocycles. The maximum atomic E-state index is 11.4. The van der Waals surface area contributed by atoms with Crippen molar-refractivity contribution in [2.45, 2.75) is 20.0 Å². The molecule has 0 fully saturated rings. The number of carbonyl (C=O) groups is 1. The highest BCUT2D eigenvalue weighted by Gasteiger charge is 2.13. The van der Waals surface area contributed by atoms with E-state index in [-0.39, 0.29) is 11.7 Å². The molecule has 0 aliphatic rings. The topological polar surface area (TPSA) is 116 Å². The van der Waals surface area contributed by atoms with Gasteiger partial charge in [-0.05, 0) is 38.1 Å². The van der Waals surface area contributed by atoms with E-state index in [2.05, 4.69) is 24.6 Å².